The largest absolute Gasteiger partial charge is 0.480 e. The Morgan fingerprint density at radius 2 is 2.04 bits per heavy atom. The fourth-order valence-electron chi connectivity index (χ4n) is 2.18. The minimum absolute atomic E-state index is 0.152. The smallest absolute Gasteiger partial charge is 0.413 e. The van der Waals surface area contributed by atoms with Crippen molar-refractivity contribution < 1.29 is 19.4 Å². The fourth-order valence-corrected chi connectivity index (χ4v) is 2.18. The monoisotopic (exact) mass is 317 g/mol. The molecular formula is C16H19N3O4. The summed E-state index contributed by atoms with van der Waals surface area (Å²) in [5, 5.41) is 15.8. The normalized spacial score (nSPS) is 11.7. The van der Waals surface area contributed by atoms with Crippen LogP contribution >= 0.6 is 0 Å². The number of nitrogens with one attached hydrogen (secondary N) is 1. The molecule has 122 valence electrons. The molecule has 0 fully saturated rings. The number of carboxylic acid groups (broad SMARTS) is 1. The average Bonchev–Trinajstić information content (AvgIpc) is 2.87. The summed E-state index contributed by atoms with van der Waals surface area (Å²) in [6.45, 7) is 3.65. The number of carbonyl (C=O) groups is 2. The van der Waals surface area contributed by atoms with Crippen LogP contribution in [0, 0.1) is 6.92 Å². The van der Waals surface area contributed by atoms with Gasteiger partial charge in [0.15, 0.2) is 5.82 Å². The first-order chi connectivity index (χ1) is 11.0. The number of ether oxygens (including phenoxy) is 1. The number of carbonyl (C=O) groups excluding carboxylic acids is 1. The summed E-state index contributed by atoms with van der Waals surface area (Å²) in [5.41, 5.74) is 1.53. The second-order valence-electron chi connectivity index (χ2n) is 5.06. The Morgan fingerprint density at radius 3 is 2.65 bits per heavy atom. The van der Waals surface area contributed by atoms with E-state index < -0.39 is 18.1 Å². The number of aryl methyl sites for hydroxylation is 1. The predicted octanol–water partition coefficient (Wildman–Crippen LogP) is 2.98. The zero-order chi connectivity index (χ0) is 16.8. The van der Waals surface area contributed by atoms with E-state index >= 15 is 0 Å². The van der Waals surface area contributed by atoms with Crippen molar-refractivity contribution in [3.8, 4) is 0 Å². The van der Waals surface area contributed by atoms with E-state index in [2.05, 4.69) is 10.4 Å². The van der Waals surface area contributed by atoms with Crippen molar-refractivity contribution in [2.75, 3.05) is 5.32 Å². The number of carboxylic acids is 1. The quantitative estimate of drug-likeness (QED) is 0.854. The van der Waals surface area contributed by atoms with Crippen molar-refractivity contribution >= 4 is 17.9 Å². The molecule has 7 heteroatoms. The van der Waals surface area contributed by atoms with Gasteiger partial charge in [-0.05, 0) is 18.9 Å². The third kappa shape index (κ3) is 4.32. The number of nitrogens with zero attached hydrogens (tertiary/aromatic N) is 2. The van der Waals surface area contributed by atoms with Gasteiger partial charge in [-0.25, -0.2) is 9.59 Å². The van der Waals surface area contributed by atoms with Gasteiger partial charge in [0.05, 0.1) is 0 Å². The van der Waals surface area contributed by atoms with Gasteiger partial charge in [-0.2, -0.15) is 5.10 Å². The van der Waals surface area contributed by atoms with E-state index in [1.807, 2.05) is 30.3 Å². The average molecular weight is 317 g/mol. The Bertz CT molecular complexity index is 682. The van der Waals surface area contributed by atoms with Crippen molar-refractivity contribution in [2.45, 2.75) is 32.9 Å². The highest BCUT2D eigenvalue weighted by molar-refractivity contribution is 5.83. The third-order valence-electron chi connectivity index (χ3n) is 3.33. The highest BCUT2D eigenvalue weighted by Gasteiger charge is 2.21. The first-order valence-corrected chi connectivity index (χ1v) is 7.28. The minimum atomic E-state index is -0.961. The lowest BCUT2D eigenvalue weighted by atomic mass is 10.2. The maximum atomic E-state index is 11.8. The highest BCUT2D eigenvalue weighted by atomic mass is 16.5. The van der Waals surface area contributed by atoms with Crippen molar-refractivity contribution in [1.29, 1.82) is 0 Å². The zero-order valence-electron chi connectivity index (χ0n) is 13.0. The van der Waals surface area contributed by atoms with Crippen LogP contribution in [0.25, 0.3) is 0 Å². The Kier molecular flexibility index (Phi) is 5.35. The molecule has 0 saturated heterocycles. The van der Waals surface area contributed by atoms with E-state index in [4.69, 9.17) is 4.74 Å². The molecule has 0 radical (unpaired) electrons. The summed E-state index contributed by atoms with van der Waals surface area (Å²) < 4.78 is 6.48. The van der Waals surface area contributed by atoms with Crippen molar-refractivity contribution in [3.63, 3.8) is 0 Å². The van der Waals surface area contributed by atoms with Gasteiger partial charge in [0.25, 0.3) is 0 Å². The molecule has 0 bridgehead atoms. The maximum Gasteiger partial charge on any atom is 0.413 e. The molecule has 1 aromatic carbocycles. The molecule has 0 spiro atoms. The second-order valence-corrected chi connectivity index (χ2v) is 5.06. The van der Waals surface area contributed by atoms with Crippen LogP contribution in [0.4, 0.5) is 10.6 Å². The van der Waals surface area contributed by atoms with Crippen molar-refractivity contribution in [3.05, 3.63) is 47.7 Å². The van der Waals surface area contributed by atoms with Gasteiger partial charge in [-0.15, -0.1) is 0 Å². The molecule has 1 amide bonds. The standard InChI is InChI=1S/C16H19N3O4/c1-3-13(15(20)21)19-11(2)9-14(18-19)17-16(22)23-10-12-7-5-4-6-8-12/h4-9,13H,3,10H2,1-2H3,(H,20,21)(H,17,18,22). The molecule has 1 atom stereocenters. The molecule has 0 saturated carbocycles. The van der Waals surface area contributed by atoms with Crippen LogP contribution in [-0.2, 0) is 16.1 Å². The minimum Gasteiger partial charge on any atom is -0.480 e. The van der Waals surface area contributed by atoms with Crippen LogP contribution in [0.15, 0.2) is 36.4 Å². The summed E-state index contributed by atoms with van der Waals surface area (Å²) >= 11 is 0. The molecule has 0 aliphatic heterocycles. The van der Waals surface area contributed by atoms with Crippen LogP contribution in [0.1, 0.15) is 30.6 Å². The molecule has 1 aromatic heterocycles. The first-order valence-electron chi connectivity index (χ1n) is 7.28. The van der Waals surface area contributed by atoms with Gasteiger partial charge in [-0.1, -0.05) is 37.3 Å². The maximum absolute atomic E-state index is 11.8. The number of aliphatic carboxylic acids is 1. The molecule has 7 nitrogen and oxygen atoms in total. The number of amides is 1. The summed E-state index contributed by atoms with van der Waals surface area (Å²) in [5.74, 6) is -0.697. The lowest BCUT2D eigenvalue weighted by Crippen LogP contribution is -2.21. The molecule has 0 aliphatic rings. The highest BCUT2D eigenvalue weighted by Crippen LogP contribution is 2.17. The first kappa shape index (κ1) is 16.5. The van der Waals surface area contributed by atoms with Crippen LogP contribution in [0.3, 0.4) is 0 Å². The van der Waals surface area contributed by atoms with Gasteiger partial charge in [0.2, 0.25) is 0 Å². The van der Waals surface area contributed by atoms with E-state index in [0.29, 0.717) is 12.1 Å². The predicted molar refractivity (Wildman–Crippen MR) is 84.2 cm³/mol. The zero-order valence-corrected chi connectivity index (χ0v) is 13.0. The molecule has 1 unspecified atom stereocenters. The van der Waals surface area contributed by atoms with Gasteiger partial charge >= 0.3 is 12.1 Å². The van der Waals surface area contributed by atoms with Crippen LogP contribution in [0.2, 0.25) is 0 Å². The Morgan fingerprint density at radius 1 is 1.35 bits per heavy atom. The molecule has 1 heterocycles. The summed E-state index contributed by atoms with van der Waals surface area (Å²) in [6.07, 6.45) is -0.239. The van der Waals surface area contributed by atoms with Crippen LogP contribution in [0.5, 0.6) is 0 Å². The van der Waals surface area contributed by atoms with E-state index in [9.17, 15) is 14.7 Å². The summed E-state index contributed by atoms with van der Waals surface area (Å²) in [4.78, 5) is 23.0. The molecule has 23 heavy (non-hydrogen) atoms. The van der Waals surface area contributed by atoms with Gasteiger partial charge in [-0.3, -0.25) is 10.00 Å². The molecule has 2 aromatic rings. The Labute approximate surface area is 133 Å². The summed E-state index contributed by atoms with van der Waals surface area (Å²) in [6, 6.07) is 10.2. The summed E-state index contributed by atoms with van der Waals surface area (Å²) in [7, 11) is 0. The van der Waals surface area contributed by atoms with Crippen molar-refractivity contribution in [1.82, 2.24) is 9.78 Å². The van der Waals surface area contributed by atoms with E-state index in [0.717, 1.165) is 5.56 Å². The van der Waals surface area contributed by atoms with Crippen molar-refractivity contribution in [2.24, 2.45) is 0 Å². The van der Waals surface area contributed by atoms with Gasteiger partial charge in [0.1, 0.15) is 12.6 Å². The number of anilines is 1. The van der Waals surface area contributed by atoms with E-state index in [1.54, 1.807) is 19.9 Å². The van der Waals surface area contributed by atoms with Crippen LogP contribution < -0.4 is 5.32 Å². The lowest BCUT2D eigenvalue weighted by molar-refractivity contribution is -0.141. The Balaban J connectivity index is 1.97. The Hall–Kier alpha value is -2.83. The SMILES string of the molecule is CCC(C(=O)O)n1nc(NC(=O)OCc2ccccc2)cc1C. The van der Waals surface area contributed by atoms with Gasteiger partial charge in [0, 0.05) is 11.8 Å². The number of hydrogen-bond acceptors (Lipinski definition) is 4. The topological polar surface area (TPSA) is 93.5 Å². The van der Waals surface area contributed by atoms with E-state index in [1.165, 1.54) is 4.68 Å². The second kappa shape index (κ2) is 7.44. The number of benzene rings is 1. The number of aromatic nitrogens is 2. The van der Waals surface area contributed by atoms with Gasteiger partial charge < -0.3 is 9.84 Å². The molecule has 2 N–H and O–H groups in total. The molecular weight excluding hydrogens is 298 g/mol. The third-order valence-corrected chi connectivity index (χ3v) is 3.33. The lowest BCUT2D eigenvalue weighted by Gasteiger charge is -2.12. The number of rotatable bonds is 6. The fraction of sp³-hybridized carbons (Fsp3) is 0.312. The van der Waals surface area contributed by atoms with E-state index in [-0.39, 0.29) is 12.4 Å². The van der Waals surface area contributed by atoms with Crippen LogP contribution in [-0.4, -0.2) is 26.9 Å². The number of hydrogen-bond donors (Lipinski definition) is 2. The molecule has 2 rings (SSSR count). The molecule has 0 aliphatic carbocycles.